The quantitative estimate of drug-likeness (QED) is 0.395. The highest BCUT2D eigenvalue weighted by molar-refractivity contribution is 14.0. The summed E-state index contributed by atoms with van der Waals surface area (Å²) < 4.78 is 5.34. The lowest BCUT2D eigenvalue weighted by Gasteiger charge is -2.40. The molecular formula is C17H32IN5O. The lowest BCUT2D eigenvalue weighted by atomic mass is 10.0. The van der Waals surface area contributed by atoms with Gasteiger partial charge in [0.25, 0.3) is 0 Å². The van der Waals surface area contributed by atoms with E-state index in [9.17, 15) is 0 Å². The second-order valence-corrected chi connectivity index (χ2v) is 6.54. The minimum Gasteiger partial charge on any atom is -0.467 e. The van der Waals surface area contributed by atoms with E-state index in [-0.39, 0.29) is 24.0 Å². The Balaban J connectivity index is 0.00000288. The molecule has 1 aliphatic heterocycles. The fraction of sp³-hybridized carbons (Fsp3) is 0.706. The average Bonchev–Trinajstić information content (AvgIpc) is 3.05. The zero-order chi connectivity index (χ0) is 16.7. The maximum Gasteiger partial charge on any atom is 0.191 e. The minimum absolute atomic E-state index is 0. The molecule has 1 fully saturated rings. The first-order valence-electron chi connectivity index (χ1n) is 8.49. The van der Waals surface area contributed by atoms with Crippen LogP contribution in [0.5, 0.6) is 0 Å². The van der Waals surface area contributed by atoms with E-state index in [4.69, 9.17) is 4.42 Å². The Morgan fingerprint density at radius 1 is 1.25 bits per heavy atom. The van der Waals surface area contributed by atoms with Crippen LogP contribution in [0.25, 0.3) is 0 Å². The summed E-state index contributed by atoms with van der Waals surface area (Å²) in [4.78, 5) is 9.29. The fourth-order valence-corrected chi connectivity index (χ4v) is 2.95. The van der Waals surface area contributed by atoms with Gasteiger partial charge in [-0.25, -0.2) is 0 Å². The van der Waals surface area contributed by atoms with Crippen LogP contribution >= 0.6 is 24.0 Å². The summed E-state index contributed by atoms with van der Waals surface area (Å²) in [6, 6.07) is 4.38. The summed E-state index contributed by atoms with van der Waals surface area (Å²) in [6.45, 7) is 10.7. The summed E-state index contributed by atoms with van der Waals surface area (Å²) in [6.07, 6.45) is 1.69. The summed E-state index contributed by atoms with van der Waals surface area (Å²) in [5, 5.41) is 6.76. The summed E-state index contributed by atoms with van der Waals surface area (Å²) in [5.41, 5.74) is 0. The van der Waals surface area contributed by atoms with Crippen LogP contribution in [0.1, 0.15) is 19.6 Å². The first kappa shape index (κ1) is 21.2. The van der Waals surface area contributed by atoms with Crippen LogP contribution < -0.4 is 10.6 Å². The molecule has 1 aliphatic rings. The predicted molar refractivity (Wildman–Crippen MR) is 110 cm³/mol. The molecule has 6 nitrogen and oxygen atoms in total. The smallest absolute Gasteiger partial charge is 0.191 e. The van der Waals surface area contributed by atoms with Crippen molar-refractivity contribution in [1.82, 2.24) is 20.4 Å². The number of hydrogen-bond donors (Lipinski definition) is 2. The van der Waals surface area contributed by atoms with Crippen molar-refractivity contribution in [2.45, 2.75) is 26.4 Å². The van der Waals surface area contributed by atoms with Crippen molar-refractivity contribution in [3.8, 4) is 0 Å². The van der Waals surface area contributed by atoms with Gasteiger partial charge in [-0.1, -0.05) is 13.8 Å². The van der Waals surface area contributed by atoms with Crippen LogP contribution in [0.2, 0.25) is 0 Å². The molecule has 1 aromatic rings. The van der Waals surface area contributed by atoms with Gasteiger partial charge in [0.05, 0.1) is 12.8 Å². The maximum atomic E-state index is 5.34. The van der Waals surface area contributed by atoms with Gasteiger partial charge < -0.3 is 20.0 Å². The Morgan fingerprint density at radius 2 is 1.96 bits per heavy atom. The average molecular weight is 449 g/mol. The van der Waals surface area contributed by atoms with Crippen molar-refractivity contribution in [1.29, 1.82) is 0 Å². The first-order chi connectivity index (χ1) is 11.1. The number of nitrogens with zero attached hydrogens (tertiary/aromatic N) is 3. The molecule has 1 aromatic heterocycles. The number of piperazine rings is 1. The van der Waals surface area contributed by atoms with Gasteiger partial charge in [0, 0.05) is 45.8 Å². The van der Waals surface area contributed by atoms with Gasteiger partial charge in [-0.05, 0) is 25.1 Å². The lowest BCUT2D eigenvalue weighted by molar-refractivity contribution is 0.0900. The first-order valence-corrected chi connectivity index (χ1v) is 8.49. The van der Waals surface area contributed by atoms with Crippen LogP contribution in [-0.2, 0) is 6.54 Å². The van der Waals surface area contributed by atoms with Crippen LogP contribution in [0, 0.1) is 5.92 Å². The van der Waals surface area contributed by atoms with E-state index in [2.05, 4.69) is 46.3 Å². The molecule has 0 spiro atoms. The molecule has 24 heavy (non-hydrogen) atoms. The molecule has 1 saturated heterocycles. The SMILES string of the molecule is CN=C(NCc1ccco1)NCC(C(C)C)N1CCN(C)CC1.I. The Kier molecular flexibility index (Phi) is 9.68. The van der Waals surface area contributed by atoms with E-state index in [0.29, 0.717) is 18.5 Å². The second-order valence-electron chi connectivity index (χ2n) is 6.54. The molecule has 2 heterocycles. The minimum atomic E-state index is 0. The van der Waals surface area contributed by atoms with Crippen LogP contribution in [0.3, 0.4) is 0 Å². The van der Waals surface area contributed by atoms with Crippen molar-refractivity contribution in [3.63, 3.8) is 0 Å². The standard InChI is InChI=1S/C17H31N5O.HI/c1-14(2)16(22-9-7-21(4)8-10-22)13-20-17(18-3)19-12-15-6-5-11-23-15;/h5-6,11,14,16H,7-10,12-13H2,1-4H3,(H2,18,19,20);1H. The monoisotopic (exact) mass is 449 g/mol. The maximum absolute atomic E-state index is 5.34. The highest BCUT2D eigenvalue weighted by Crippen LogP contribution is 2.12. The van der Waals surface area contributed by atoms with E-state index in [0.717, 1.165) is 44.4 Å². The van der Waals surface area contributed by atoms with E-state index < -0.39 is 0 Å². The molecule has 138 valence electrons. The number of aliphatic imine (C=N–C) groups is 1. The third kappa shape index (κ3) is 6.60. The van der Waals surface area contributed by atoms with E-state index in [1.807, 2.05) is 12.1 Å². The van der Waals surface area contributed by atoms with Gasteiger partial charge in [-0.3, -0.25) is 9.89 Å². The molecule has 0 radical (unpaired) electrons. The van der Waals surface area contributed by atoms with E-state index >= 15 is 0 Å². The highest BCUT2D eigenvalue weighted by atomic mass is 127. The van der Waals surface area contributed by atoms with Crippen molar-refractivity contribution < 1.29 is 4.42 Å². The molecule has 2 N–H and O–H groups in total. The van der Waals surface area contributed by atoms with Crippen molar-refractivity contribution in [2.75, 3.05) is 46.8 Å². The zero-order valence-corrected chi connectivity index (χ0v) is 17.6. The number of guanidine groups is 1. The molecule has 0 aromatic carbocycles. The van der Waals surface area contributed by atoms with Gasteiger partial charge in [-0.15, -0.1) is 24.0 Å². The summed E-state index contributed by atoms with van der Waals surface area (Å²) >= 11 is 0. The molecule has 7 heteroatoms. The second kappa shape index (κ2) is 10.9. The number of nitrogens with one attached hydrogen (secondary N) is 2. The summed E-state index contributed by atoms with van der Waals surface area (Å²) in [5.74, 6) is 2.34. The van der Waals surface area contributed by atoms with Crippen LogP contribution in [0.4, 0.5) is 0 Å². The third-order valence-corrected chi connectivity index (χ3v) is 4.49. The molecule has 0 amide bonds. The molecule has 1 atom stereocenters. The molecule has 0 saturated carbocycles. The predicted octanol–water partition coefficient (Wildman–Crippen LogP) is 1.83. The van der Waals surface area contributed by atoms with Gasteiger partial charge in [0.2, 0.25) is 0 Å². The molecule has 1 unspecified atom stereocenters. The van der Waals surface area contributed by atoms with Gasteiger partial charge in [-0.2, -0.15) is 0 Å². The van der Waals surface area contributed by atoms with Gasteiger partial charge in [0.15, 0.2) is 5.96 Å². The number of hydrogen-bond acceptors (Lipinski definition) is 4. The van der Waals surface area contributed by atoms with Crippen LogP contribution in [0.15, 0.2) is 27.8 Å². The Bertz CT molecular complexity index is 469. The van der Waals surface area contributed by atoms with Crippen molar-refractivity contribution in [3.05, 3.63) is 24.2 Å². The normalized spacial score (nSPS) is 18.3. The van der Waals surface area contributed by atoms with Crippen LogP contribution in [-0.4, -0.2) is 68.6 Å². The van der Waals surface area contributed by atoms with Crippen molar-refractivity contribution >= 4 is 29.9 Å². The third-order valence-electron chi connectivity index (χ3n) is 4.49. The number of likely N-dealkylation sites (N-methyl/N-ethyl adjacent to an activating group) is 1. The number of rotatable bonds is 6. The van der Waals surface area contributed by atoms with Gasteiger partial charge in [0.1, 0.15) is 5.76 Å². The van der Waals surface area contributed by atoms with Crippen molar-refractivity contribution in [2.24, 2.45) is 10.9 Å². The molecular weight excluding hydrogens is 417 g/mol. The Hall–Kier alpha value is -0.800. The van der Waals surface area contributed by atoms with E-state index in [1.165, 1.54) is 0 Å². The Morgan fingerprint density at radius 3 is 2.50 bits per heavy atom. The molecule has 0 bridgehead atoms. The highest BCUT2D eigenvalue weighted by Gasteiger charge is 2.24. The molecule has 0 aliphatic carbocycles. The number of halogens is 1. The summed E-state index contributed by atoms with van der Waals surface area (Å²) in [7, 11) is 4.00. The fourth-order valence-electron chi connectivity index (χ4n) is 2.95. The number of furan rings is 1. The zero-order valence-electron chi connectivity index (χ0n) is 15.3. The Labute approximate surface area is 163 Å². The topological polar surface area (TPSA) is 56.0 Å². The molecule has 2 rings (SSSR count). The van der Waals surface area contributed by atoms with Gasteiger partial charge >= 0.3 is 0 Å². The largest absolute Gasteiger partial charge is 0.467 e. The van der Waals surface area contributed by atoms with E-state index in [1.54, 1.807) is 13.3 Å². The lowest BCUT2D eigenvalue weighted by Crippen LogP contribution is -2.55.